The Morgan fingerprint density at radius 1 is 1.60 bits per heavy atom. The van der Waals surface area contributed by atoms with Crippen LogP contribution in [0.15, 0.2) is 16.6 Å². The highest BCUT2D eigenvalue weighted by atomic mass is 79.9. The van der Waals surface area contributed by atoms with Crippen LogP contribution in [0.2, 0.25) is 0 Å². The lowest BCUT2D eigenvalue weighted by Gasteiger charge is -2.08. The second kappa shape index (κ2) is 5.23. The SMILES string of the molecule is COc1ccc(Br)c(C(=O)CCN)c1F. The van der Waals surface area contributed by atoms with Crippen LogP contribution in [-0.4, -0.2) is 19.4 Å². The summed E-state index contributed by atoms with van der Waals surface area (Å²) in [5.74, 6) is -0.926. The van der Waals surface area contributed by atoms with Crippen LogP contribution in [0.1, 0.15) is 16.8 Å². The van der Waals surface area contributed by atoms with Crippen molar-refractivity contribution < 1.29 is 13.9 Å². The molecule has 0 saturated carbocycles. The van der Waals surface area contributed by atoms with Crippen LogP contribution < -0.4 is 10.5 Å². The van der Waals surface area contributed by atoms with Crippen LogP contribution in [0, 0.1) is 5.82 Å². The zero-order valence-corrected chi connectivity index (χ0v) is 9.80. The van der Waals surface area contributed by atoms with Crippen molar-refractivity contribution in [1.29, 1.82) is 0 Å². The third-order valence-electron chi connectivity index (χ3n) is 1.93. The maximum absolute atomic E-state index is 13.7. The normalized spacial score (nSPS) is 10.1. The van der Waals surface area contributed by atoms with E-state index < -0.39 is 5.82 Å². The summed E-state index contributed by atoms with van der Waals surface area (Å²) in [6.07, 6.45) is 0.114. The Morgan fingerprint density at radius 3 is 2.80 bits per heavy atom. The number of Topliss-reactive ketones (excluding diaryl/α,β-unsaturated/α-hetero) is 1. The number of hydrogen-bond donors (Lipinski definition) is 1. The number of carbonyl (C=O) groups is 1. The predicted molar refractivity (Wildman–Crippen MR) is 58.7 cm³/mol. The summed E-state index contributed by atoms with van der Waals surface area (Å²) >= 11 is 3.12. The lowest BCUT2D eigenvalue weighted by molar-refractivity contribution is 0.0980. The summed E-state index contributed by atoms with van der Waals surface area (Å²) in [6.45, 7) is 0.196. The average Bonchev–Trinajstić information content (AvgIpc) is 2.18. The van der Waals surface area contributed by atoms with E-state index in [1.807, 2.05) is 0 Å². The molecule has 82 valence electrons. The van der Waals surface area contributed by atoms with Crippen molar-refractivity contribution in [1.82, 2.24) is 0 Å². The molecule has 0 saturated heterocycles. The standard InChI is InChI=1S/C10H11BrFNO2/c1-15-8-3-2-6(11)9(10(8)12)7(14)4-5-13/h2-3H,4-5,13H2,1H3. The zero-order chi connectivity index (χ0) is 11.4. The molecule has 0 aliphatic rings. The van der Waals surface area contributed by atoms with Gasteiger partial charge < -0.3 is 10.5 Å². The van der Waals surface area contributed by atoms with Crippen LogP contribution >= 0.6 is 15.9 Å². The molecule has 1 rings (SSSR count). The van der Waals surface area contributed by atoms with Gasteiger partial charge in [0, 0.05) is 10.9 Å². The van der Waals surface area contributed by atoms with Gasteiger partial charge >= 0.3 is 0 Å². The first-order valence-corrected chi connectivity index (χ1v) is 5.16. The van der Waals surface area contributed by atoms with Gasteiger partial charge in [-0.05, 0) is 34.6 Å². The molecule has 0 spiro atoms. The molecule has 1 aromatic rings. The first-order chi connectivity index (χ1) is 7.11. The summed E-state index contributed by atoms with van der Waals surface area (Å²) in [5.41, 5.74) is 5.25. The van der Waals surface area contributed by atoms with E-state index in [-0.39, 0.29) is 30.1 Å². The highest BCUT2D eigenvalue weighted by Crippen LogP contribution is 2.28. The number of ether oxygens (including phenoxy) is 1. The fourth-order valence-electron chi connectivity index (χ4n) is 1.20. The first kappa shape index (κ1) is 12.1. The van der Waals surface area contributed by atoms with Gasteiger partial charge in [-0.2, -0.15) is 0 Å². The van der Waals surface area contributed by atoms with Crippen LogP contribution in [0.25, 0.3) is 0 Å². The zero-order valence-electron chi connectivity index (χ0n) is 8.22. The van der Waals surface area contributed by atoms with Crippen molar-refractivity contribution in [2.45, 2.75) is 6.42 Å². The Labute approximate surface area is 95.5 Å². The smallest absolute Gasteiger partial charge is 0.176 e. The van der Waals surface area contributed by atoms with E-state index in [1.54, 1.807) is 6.07 Å². The van der Waals surface area contributed by atoms with E-state index in [9.17, 15) is 9.18 Å². The van der Waals surface area contributed by atoms with E-state index >= 15 is 0 Å². The highest BCUT2D eigenvalue weighted by molar-refractivity contribution is 9.10. The summed E-state index contributed by atoms with van der Waals surface area (Å²) in [5, 5.41) is 0. The van der Waals surface area contributed by atoms with Gasteiger partial charge in [0.1, 0.15) is 0 Å². The predicted octanol–water partition coefficient (Wildman–Crippen LogP) is 2.13. The van der Waals surface area contributed by atoms with Gasteiger partial charge in [-0.25, -0.2) is 4.39 Å². The third kappa shape index (κ3) is 2.54. The monoisotopic (exact) mass is 275 g/mol. The second-order valence-electron chi connectivity index (χ2n) is 2.90. The van der Waals surface area contributed by atoms with Gasteiger partial charge in [0.15, 0.2) is 17.3 Å². The highest BCUT2D eigenvalue weighted by Gasteiger charge is 2.18. The Bertz CT molecular complexity index is 382. The van der Waals surface area contributed by atoms with Gasteiger partial charge in [-0.3, -0.25) is 4.79 Å². The average molecular weight is 276 g/mol. The lowest BCUT2D eigenvalue weighted by atomic mass is 10.1. The molecule has 0 aromatic heterocycles. The number of ketones is 1. The van der Waals surface area contributed by atoms with Gasteiger partial charge in [-0.1, -0.05) is 0 Å². The molecule has 0 radical (unpaired) electrons. The Hall–Kier alpha value is -0.940. The quantitative estimate of drug-likeness (QED) is 0.857. The summed E-state index contributed by atoms with van der Waals surface area (Å²) in [7, 11) is 1.35. The maximum Gasteiger partial charge on any atom is 0.176 e. The van der Waals surface area contributed by atoms with Crippen LogP contribution in [0.5, 0.6) is 5.75 Å². The number of carbonyl (C=O) groups excluding carboxylic acids is 1. The van der Waals surface area contributed by atoms with Gasteiger partial charge in [-0.15, -0.1) is 0 Å². The molecular formula is C10H11BrFNO2. The number of nitrogens with two attached hydrogens (primary N) is 1. The van der Waals surface area contributed by atoms with E-state index in [0.29, 0.717) is 4.47 Å². The molecule has 15 heavy (non-hydrogen) atoms. The van der Waals surface area contributed by atoms with Crippen LogP contribution in [-0.2, 0) is 0 Å². The topological polar surface area (TPSA) is 52.3 Å². The fourth-order valence-corrected chi connectivity index (χ4v) is 1.73. The largest absolute Gasteiger partial charge is 0.494 e. The molecule has 0 fully saturated rings. The van der Waals surface area contributed by atoms with Crippen molar-refractivity contribution in [2.24, 2.45) is 5.73 Å². The lowest BCUT2D eigenvalue weighted by Crippen LogP contribution is -2.11. The molecule has 0 unspecified atom stereocenters. The minimum Gasteiger partial charge on any atom is -0.494 e. The molecule has 5 heteroatoms. The molecule has 0 heterocycles. The number of halogens is 2. The Balaban J connectivity index is 3.20. The van der Waals surface area contributed by atoms with Crippen molar-refractivity contribution in [2.75, 3.05) is 13.7 Å². The van der Waals surface area contributed by atoms with Crippen LogP contribution in [0.3, 0.4) is 0 Å². The maximum atomic E-state index is 13.7. The first-order valence-electron chi connectivity index (χ1n) is 4.37. The second-order valence-corrected chi connectivity index (χ2v) is 3.75. The van der Waals surface area contributed by atoms with Crippen molar-refractivity contribution in [3.05, 3.63) is 28.0 Å². The van der Waals surface area contributed by atoms with Crippen molar-refractivity contribution in [3.63, 3.8) is 0 Å². The summed E-state index contributed by atoms with van der Waals surface area (Å²) in [4.78, 5) is 11.5. The number of benzene rings is 1. The van der Waals surface area contributed by atoms with E-state index in [0.717, 1.165) is 0 Å². The van der Waals surface area contributed by atoms with Crippen LogP contribution in [0.4, 0.5) is 4.39 Å². The Kier molecular flexibility index (Phi) is 4.23. The fraction of sp³-hybridized carbons (Fsp3) is 0.300. The minimum atomic E-state index is -0.648. The molecule has 0 aliphatic heterocycles. The van der Waals surface area contributed by atoms with Gasteiger partial charge in [0.25, 0.3) is 0 Å². The van der Waals surface area contributed by atoms with E-state index in [1.165, 1.54) is 13.2 Å². The molecule has 0 aliphatic carbocycles. The minimum absolute atomic E-state index is 0.000185. The van der Waals surface area contributed by atoms with E-state index in [2.05, 4.69) is 15.9 Å². The third-order valence-corrected chi connectivity index (χ3v) is 2.59. The number of rotatable bonds is 4. The molecule has 0 amide bonds. The molecule has 0 bridgehead atoms. The summed E-state index contributed by atoms with van der Waals surface area (Å²) in [6, 6.07) is 3.03. The number of methoxy groups -OCH3 is 1. The van der Waals surface area contributed by atoms with E-state index in [4.69, 9.17) is 10.5 Å². The van der Waals surface area contributed by atoms with Gasteiger partial charge in [0.2, 0.25) is 0 Å². The molecule has 1 aromatic carbocycles. The van der Waals surface area contributed by atoms with Crippen molar-refractivity contribution >= 4 is 21.7 Å². The molecule has 0 atom stereocenters. The molecule has 3 nitrogen and oxygen atoms in total. The number of hydrogen-bond acceptors (Lipinski definition) is 3. The Morgan fingerprint density at radius 2 is 2.27 bits per heavy atom. The molecule has 2 N–H and O–H groups in total. The van der Waals surface area contributed by atoms with Crippen molar-refractivity contribution in [3.8, 4) is 5.75 Å². The summed E-state index contributed by atoms with van der Waals surface area (Å²) < 4.78 is 18.9. The molecular weight excluding hydrogens is 265 g/mol. The van der Waals surface area contributed by atoms with Gasteiger partial charge in [0.05, 0.1) is 12.7 Å².